The van der Waals surface area contributed by atoms with E-state index < -0.39 is 82.7 Å². The Morgan fingerprint density at radius 2 is 1.56 bits per heavy atom. The zero-order chi connectivity index (χ0) is 33.7. The molecule has 6 atom stereocenters. The molecule has 1 aliphatic heterocycles. The van der Waals surface area contributed by atoms with Gasteiger partial charge in [-0.2, -0.15) is 21.6 Å². The molecule has 2 aromatic carbocycles. The van der Waals surface area contributed by atoms with Crippen molar-refractivity contribution in [3.8, 4) is 5.75 Å². The van der Waals surface area contributed by atoms with E-state index in [-0.39, 0.29) is 11.4 Å². The number of ether oxygens (including phenoxy) is 5. The van der Waals surface area contributed by atoms with E-state index in [2.05, 4.69) is 4.18 Å². The van der Waals surface area contributed by atoms with Crippen LogP contribution in [-0.4, -0.2) is 74.3 Å². The molecule has 0 saturated carbocycles. The monoisotopic (exact) mass is 682 g/mol. The van der Waals surface area contributed by atoms with Gasteiger partial charge in [0.2, 0.25) is 0 Å². The molecule has 0 aromatic heterocycles. The van der Waals surface area contributed by atoms with E-state index in [9.17, 15) is 41.1 Å². The van der Waals surface area contributed by atoms with E-state index in [0.717, 1.165) is 32.9 Å². The van der Waals surface area contributed by atoms with Gasteiger partial charge in [0, 0.05) is 25.8 Å². The van der Waals surface area contributed by atoms with Crippen molar-refractivity contribution in [3.63, 3.8) is 0 Å². The molecule has 45 heavy (non-hydrogen) atoms. The molecular formula is C28H30ClF3O12S. The highest BCUT2D eigenvalue weighted by Crippen LogP contribution is 2.39. The van der Waals surface area contributed by atoms with E-state index in [4.69, 9.17) is 35.3 Å². The molecule has 1 fully saturated rings. The average molecular weight is 683 g/mol. The zero-order valence-corrected chi connectivity index (χ0v) is 25.9. The summed E-state index contributed by atoms with van der Waals surface area (Å²) in [5.41, 5.74) is -4.24. The number of benzene rings is 2. The van der Waals surface area contributed by atoms with Gasteiger partial charge in [0.1, 0.15) is 30.7 Å². The molecule has 3 rings (SSSR count). The maximum Gasteiger partial charge on any atom is 0.534 e. The van der Waals surface area contributed by atoms with E-state index in [1.54, 1.807) is 12.1 Å². The molecule has 2 aromatic rings. The number of esters is 3. The van der Waals surface area contributed by atoms with Crippen molar-refractivity contribution in [2.24, 2.45) is 0 Å². The minimum absolute atomic E-state index is 0.102. The molecule has 2 unspecified atom stereocenters. The van der Waals surface area contributed by atoms with Gasteiger partial charge in [0.05, 0.1) is 0 Å². The lowest BCUT2D eigenvalue weighted by molar-refractivity contribution is -0.280. The van der Waals surface area contributed by atoms with Gasteiger partial charge >= 0.3 is 33.5 Å². The number of hydrogen-bond donors (Lipinski definition) is 1. The Balaban J connectivity index is 1.99. The number of alkyl halides is 3. The lowest BCUT2D eigenvalue weighted by Gasteiger charge is -2.45. The van der Waals surface area contributed by atoms with Crippen molar-refractivity contribution < 1.29 is 68.9 Å². The Bertz CT molecular complexity index is 1480. The first kappa shape index (κ1) is 36.0. The second-order valence-corrected chi connectivity index (χ2v) is 11.8. The van der Waals surface area contributed by atoms with Crippen molar-refractivity contribution in [3.05, 3.63) is 64.2 Å². The van der Waals surface area contributed by atoms with E-state index in [0.29, 0.717) is 16.7 Å². The third kappa shape index (κ3) is 9.77. The fraction of sp³-hybridized carbons (Fsp3) is 0.464. The van der Waals surface area contributed by atoms with E-state index >= 15 is 0 Å². The molecule has 0 bridgehead atoms. The minimum atomic E-state index is -5.85. The van der Waals surface area contributed by atoms with Crippen LogP contribution in [0.2, 0.25) is 5.02 Å². The van der Waals surface area contributed by atoms with Crippen LogP contribution in [0.4, 0.5) is 13.2 Å². The van der Waals surface area contributed by atoms with Gasteiger partial charge in [-0.1, -0.05) is 35.9 Å². The normalized spacial score (nSPS) is 22.6. The highest BCUT2D eigenvalue weighted by Gasteiger charge is 2.52. The van der Waals surface area contributed by atoms with Crippen LogP contribution in [0.25, 0.3) is 0 Å². The number of carbonyl (C=O) groups excluding carboxylic acids is 3. The van der Waals surface area contributed by atoms with Crippen LogP contribution in [0.5, 0.6) is 5.75 Å². The lowest BCUT2D eigenvalue weighted by atomic mass is 9.89. The summed E-state index contributed by atoms with van der Waals surface area (Å²) in [4.78, 5) is 35.8. The molecule has 12 nitrogen and oxygen atoms in total. The quantitative estimate of drug-likeness (QED) is 0.120. The van der Waals surface area contributed by atoms with Crippen molar-refractivity contribution in [2.75, 3.05) is 6.61 Å². The molecule has 0 spiro atoms. The molecule has 1 heterocycles. The molecule has 17 heteroatoms. The lowest BCUT2D eigenvalue weighted by Crippen LogP contribution is -2.59. The summed E-state index contributed by atoms with van der Waals surface area (Å²) in [6, 6.07) is 9.44. The van der Waals surface area contributed by atoms with E-state index in [1.165, 1.54) is 25.1 Å². The summed E-state index contributed by atoms with van der Waals surface area (Å²) in [7, 11) is -5.85. The van der Waals surface area contributed by atoms with Gasteiger partial charge < -0.3 is 33.0 Å². The summed E-state index contributed by atoms with van der Waals surface area (Å²) in [5, 5.41) is 10.4. The van der Waals surface area contributed by atoms with Crippen LogP contribution in [-0.2, 0) is 54.6 Å². The fourth-order valence-corrected chi connectivity index (χ4v) is 5.16. The Kier molecular flexibility index (Phi) is 11.8. The zero-order valence-electron chi connectivity index (χ0n) is 24.3. The highest BCUT2D eigenvalue weighted by molar-refractivity contribution is 7.88. The van der Waals surface area contributed by atoms with E-state index in [1.807, 2.05) is 0 Å². The third-order valence-corrected chi connectivity index (χ3v) is 7.60. The van der Waals surface area contributed by atoms with Crippen molar-refractivity contribution in [1.29, 1.82) is 0 Å². The average Bonchev–Trinajstić information content (AvgIpc) is 2.90. The number of halogens is 4. The third-order valence-electron chi connectivity index (χ3n) is 6.25. The number of rotatable bonds is 11. The number of carbonyl (C=O) groups is 3. The number of hydrogen-bond acceptors (Lipinski definition) is 12. The largest absolute Gasteiger partial charge is 0.534 e. The Hall–Kier alpha value is -3.44. The molecule has 0 aliphatic carbocycles. The van der Waals surface area contributed by atoms with Gasteiger partial charge in [-0.05, 0) is 48.2 Å². The molecule has 1 saturated heterocycles. The van der Waals surface area contributed by atoms with Crippen LogP contribution in [0.1, 0.15) is 50.5 Å². The summed E-state index contributed by atoms with van der Waals surface area (Å²) in [5.74, 6) is -2.72. The first-order valence-electron chi connectivity index (χ1n) is 13.2. The maximum absolute atomic E-state index is 12.7. The van der Waals surface area contributed by atoms with Crippen LogP contribution >= 0.6 is 11.6 Å². The Labute approximate surface area is 261 Å². The fourth-order valence-electron chi connectivity index (χ4n) is 4.52. The van der Waals surface area contributed by atoms with Crippen LogP contribution in [0.15, 0.2) is 42.5 Å². The standard InChI is InChI=1S/C28H30ClF3O12S/c1-14(33)39-13-23-25(40-15(2)34)27(42-17(4)36)26(41-16(3)35)24(43-23)19-7-10-22(29)20(12-19)11-18-5-8-21(9-6-18)44-45(37,38)28(30,31)32/h5-10,12,17,23-27,36H,11,13H2,1-4H3/t17?,23-,24+,25-,26+,27?/m1/s1. The number of aliphatic hydroxyl groups excluding tert-OH is 1. The summed E-state index contributed by atoms with van der Waals surface area (Å²) >= 11 is 6.44. The second kappa shape index (κ2) is 14.8. The molecule has 248 valence electrons. The predicted molar refractivity (Wildman–Crippen MR) is 148 cm³/mol. The van der Waals surface area contributed by atoms with Gasteiger partial charge in [-0.3, -0.25) is 14.4 Å². The first-order valence-corrected chi connectivity index (χ1v) is 15.0. The van der Waals surface area contributed by atoms with Gasteiger partial charge in [0.15, 0.2) is 18.5 Å². The molecule has 1 N–H and O–H groups in total. The predicted octanol–water partition coefficient (Wildman–Crippen LogP) is 3.75. The maximum atomic E-state index is 12.7. The smallest absolute Gasteiger partial charge is 0.463 e. The van der Waals surface area contributed by atoms with Crippen molar-refractivity contribution in [2.45, 2.75) is 76.4 Å². The molecular weight excluding hydrogens is 653 g/mol. The Morgan fingerprint density at radius 3 is 2.09 bits per heavy atom. The van der Waals surface area contributed by atoms with Crippen LogP contribution in [0, 0.1) is 0 Å². The Morgan fingerprint density at radius 1 is 0.956 bits per heavy atom. The van der Waals surface area contributed by atoms with Crippen LogP contribution in [0.3, 0.4) is 0 Å². The van der Waals surface area contributed by atoms with Crippen molar-refractivity contribution in [1.82, 2.24) is 0 Å². The molecule has 1 aliphatic rings. The highest BCUT2D eigenvalue weighted by atomic mass is 35.5. The van der Waals surface area contributed by atoms with Crippen LogP contribution < -0.4 is 4.18 Å². The minimum Gasteiger partial charge on any atom is -0.463 e. The van der Waals surface area contributed by atoms with Gasteiger partial charge in [-0.25, -0.2) is 0 Å². The molecule has 0 amide bonds. The first-order chi connectivity index (χ1) is 20.9. The van der Waals surface area contributed by atoms with Crippen molar-refractivity contribution >= 4 is 39.6 Å². The summed E-state index contributed by atoms with van der Waals surface area (Å²) in [6.07, 6.45) is -7.47. The van der Waals surface area contributed by atoms with Gasteiger partial charge in [-0.15, -0.1) is 0 Å². The SMILES string of the molecule is CC(=O)OC[C@H]1O[C@@H](c2ccc(Cl)c(Cc3ccc(OS(=O)(=O)C(F)(F)F)cc3)c2)[C@H](OC(C)=O)C(OC(C)O)[C@@H]1OC(C)=O. The second-order valence-electron chi connectivity index (χ2n) is 9.90. The number of aliphatic hydroxyl groups is 1. The summed E-state index contributed by atoms with van der Waals surface area (Å²) in [6.45, 7) is 4.30. The molecule has 0 radical (unpaired) electrons. The summed E-state index contributed by atoms with van der Waals surface area (Å²) < 4.78 is 92.6. The van der Waals surface area contributed by atoms with Gasteiger partial charge in [0.25, 0.3) is 0 Å². The topological polar surface area (TPSA) is 161 Å².